The van der Waals surface area contributed by atoms with Gasteiger partial charge in [-0.1, -0.05) is 18.2 Å². The molecule has 0 aliphatic carbocycles. The van der Waals surface area contributed by atoms with Crippen molar-refractivity contribution in [3.8, 4) is 0 Å². The van der Waals surface area contributed by atoms with E-state index in [0.717, 1.165) is 51.3 Å². The molecule has 2 aromatic rings. The molecule has 48 heavy (non-hydrogen) atoms. The van der Waals surface area contributed by atoms with Gasteiger partial charge in [-0.15, -0.1) is 0 Å². The van der Waals surface area contributed by atoms with E-state index in [0.29, 0.717) is 5.92 Å². The molecule has 1 aromatic carbocycles. The van der Waals surface area contributed by atoms with Gasteiger partial charge >= 0.3 is 36.4 Å². The molecule has 4 rings (SSSR count). The Morgan fingerprint density at radius 2 is 1.35 bits per heavy atom. The Morgan fingerprint density at radius 3 is 1.73 bits per heavy atom. The zero-order valence-electron chi connectivity index (χ0n) is 24.9. The standard InChI is InChI=1S/C22H28FN3O.3C2HF3O2/c1-25(12-19-3-2-10-24-11-19)13-20-8-9-22(27-15-20)16-26(17-22)14-18-4-6-21(23)7-5-18;3*3-2(4,5)1(6)7/h2-7,10-11,20H,8-9,12-17H2,1H3;3*(H,6,7). The van der Waals surface area contributed by atoms with Crippen LogP contribution in [0.5, 0.6) is 0 Å². The number of hydrogen-bond donors (Lipinski definition) is 3. The number of nitrogens with zero attached hydrogens (tertiary/aromatic N) is 3. The van der Waals surface area contributed by atoms with Crippen LogP contribution in [0.2, 0.25) is 0 Å². The minimum atomic E-state index is -5.08. The van der Waals surface area contributed by atoms with Crippen molar-refractivity contribution in [2.24, 2.45) is 5.92 Å². The molecule has 2 saturated heterocycles. The Kier molecular flexibility index (Phi) is 15.7. The van der Waals surface area contributed by atoms with Crippen LogP contribution in [0.3, 0.4) is 0 Å². The van der Waals surface area contributed by atoms with Gasteiger partial charge in [0.15, 0.2) is 0 Å². The molecule has 1 unspecified atom stereocenters. The number of aromatic nitrogens is 1. The number of alkyl halides is 9. The maximum Gasteiger partial charge on any atom is 0.490 e. The number of hydrogen-bond acceptors (Lipinski definition) is 7. The van der Waals surface area contributed by atoms with Gasteiger partial charge in [0.1, 0.15) is 5.82 Å². The Balaban J connectivity index is 0.000000448. The summed E-state index contributed by atoms with van der Waals surface area (Å²) in [6, 6.07) is 10.9. The van der Waals surface area contributed by atoms with Crippen LogP contribution < -0.4 is 0 Å². The van der Waals surface area contributed by atoms with Gasteiger partial charge < -0.3 is 25.0 Å². The largest absolute Gasteiger partial charge is 0.490 e. The molecule has 1 spiro atoms. The molecule has 2 aliphatic heterocycles. The third kappa shape index (κ3) is 16.2. The van der Waals surface area contributed by atoms with E-state index in [-0.39, 0.29) is 11.4 Å². The lowest BCUT2D eigenvalue weighted by atomic mass is 9.82. The summed E-state index contributed by atoms with van der Waals surface area (Å²) in [6.07, 6.45) is -9.14. The summed E-state index contributed by atoms with van der Waals surface area (Å²) in [4.78, 5) is 35.6. The molecule has 0 bridgehead atoms. The lowest BCUT2D eigenvalue weighted by molar-refractivity contribution is -0.193. The highest BCUT2D eigenvalue weighted by Crippen LogP contribution is 2.37. The van der Waals surface area contributed by atoms with Gasteiger partial charge in [0.2, 0.25) is 0 Å². The second-order valence-electron chi connectivity index (χ2n) is 10.6. The van der Waals surface area contributed by atoms with Crippen molar-refractivity contribution >= 4 is 17.9 Å². The summed E-state index contributed by atoms with van der Waals surface area (Å²) in [7, 11) is 2.17. The first kappa shape index (κ1) is 42.0. The molecule has 0 radical (unpaired) electrons. The third-order valence-corrected chi connectivity index (χ3v) is 6.45. The van der Waals surface area contributed by atoms with Crippen molar-refractivity contribution in [3.05, 3.63) is 65.7 Å². The summed E-state index contributed by atoms with van der Waals surface area (Å²) >= 11 is 0. The van der Waals surface area contributed by atoms with Crippen molar-refractivity contribution in [1.29, 1.82) is 0 Å². The fraction of sp³-hybridized carbons (Fsp3) is 0.500. The van der Waals surface area contributed by atoms with Crippen LogP contribution in [-0.2, 0) is 32.2 Å². The van der Waals surface area contributed by atoms with Crippen LogP contribution in [0.1, 0.15) is 24.0 Å². The molecular weight excluding hydrogens is 680 g/mol. The Bertz CT molecular complexity index is 1240. The Morgan fingerprint density at radius 1 is 0.875 bits per heavy atom. The first-order chi connectivity index (χ1) is 21.9. The van der Waals surface area contributed by atoms with E-state index in [9.17, 15) is 43.9 Å². The van der Waals surface area contributed by atoms with Crippen LogP contribution in [0.15, 0.2) is 48.8 Å². The summed E-state index contributed by atoms with van der Waals surface area (Å²) in [5.41, 5.74) is 2.47. The SMILES string of the molecule is CN(Cc1cccnc1)CC1CCC2(CN(Cc3ccc(F)cc3)C2)OC1.O=C(O)C(F)(F)F.O=C(O)C(F)(F)F.O=C(O)C(F)(F)F. The van der Waals surface area contributed by atoms with Crippen molar-refractivity contribution in [2.45, 2.75) is 50.1 Å². The molecule has 0 saturated carbocycles. The highest BCUT2D eigenvalue weighted by atomic mass is 19.4. The fourth-order valence-corrected chi connectivity index (χ4v) is 4.35. The topological polar surface area (TPSA) is 140 Å². The average molecular weight is 712 g/mol. The number of ether oxygens (including phenoxy) is 1. The highest BCUT2D eigenvalue weighted by Gasteiger charge is 2.46. The zero-order chi connectivity index (χ0) is 36.9. The van der Waals surface area contributed by atoms with E-state index >= 15 is 0 Å². The van der Waals surface area contributed by atoms with Crippen LogP contribution >= 0.6 is 0 Å². The van der Waals surface area contributed by atoms with Gasteiger partial charge in [0.25, 0.3) is 0 Å². The lowest BCUT2D eigenvalue weighted by Crippen LogP contribution is -2.64. The van der Waals surface area contributed by atoms with E-state index < -0.39 is 36.4 Å². The van der Waals surface area contributed by atoms with E-state index in [2.05, 4.69) is 27.9 Å². The van der Waals surface area contributed by atoms with E-state index in [4.69, 9.17) is 34.4 Å². The van der Waals surface area contributed by atoms with Gasteiger partial charge in [0, 0.05) is 45.1 Å². The predicted molar refractivity (Wildman–Crippen MR) is 145 cm³/mol. The smallest absolute Gasteiger partial charge is 0.475 e. The molecule has 1 aromatic heterocycles. The molecule has 3 N–H and O–H groups in total. The van der Waals surface area contributed by atoms with Gasteiger partial charge in [0.05, 0.1) is 12.2 Å². The highest BCUT2D eigenvalue weighted by molar-refractivity contribution is 5.73. The summed E-state index contributed by atoms with van der Waals surface area (Å²) in [5.74, 6) is -7.84. The van der Waals surface area contributed by atoms with Crippen molar-refractivity contribution in [3.63, 3.8) is 0 Å². The molecule has 270 valence electrons. The number of carboxylic acids is 3. The quantitative estimate of drug-likeness (QED) is 0.341. The number of carboxylic acid groups (broad SMARTS) is 3. The number of likely N-dealkylation sites (tertiary alicyclic amines) is 1. The molecule has 20 heteroatoms. The van der Waals surface area contributed by atoms with Crippen molar-refractivity contribution in [2.75, 3.05) is 33.3 Å². The first-order valence-electron chi connectivity index (χ1n) is 13.5. The van der Waals surface area contributed by atoms with Gasteiger partial charge in [-0.25, -0.2) is 18.8 Å². The second-order valence-corrected chi connectivity index (χ2v) is 10.6. The van der Waals surface area contributed by atoms with Gasteiger partial charge in [-0.05, 0) is 55.1 Å². The number of carbonyl (C=O) groups is 3. The number of aliphatic carboxylic acids is 3. The monoisotopic (exact) mass is 711 g/mol. The third-order valence-electron chi connectivity index (χ3n) is 6.45. The second kappa shape index (κ2) is 17.9. The number of benzene rings is 1. The van der Waals surface area contributed by atoms with Crippen LogP contribution in [-0.4, -0.2) is 105 Å². The zero-order valence-corrected chi connectivity index (χ0v) is 24.9. The molecule has 2 fully saturated rings. The minimum Gasteiger partial charge on any atom is -0.475 e. The number of rotatable bonds is 6. The molecule has 1 atom stereocenters. The molecule has 3 heterocycles. The Hall–Kier alpha value is -4.04. The maximum absolute atomic E-state index is 13.0. The van der Waals surface area contributed by atoms with Crippen molar-refractivity contribution in [1.82, 2.24) is 14.8 Å². The van der Waals surface area contributed by atoms with Gasteiger partial charge in [-0.3, -0.25) is 9.88 Å². The van der Waals surface area contributed by atoms with Crippen LogP contribution in [0.4, 0.5) is 43.9 Å². The van der Waals surface area contributed by atoms with Gasteiger partial charge in [-0.2, -0.15) is 39.5 Å². The van der Waals surface area contributed by atoms with E-state index in [1.54, 1.807) is 0 Å². The van der Waals surface area contributed by atoms with Crippen molar-refractivity contribution < 1.29 is 78.3 Å². The van der Waals surface area contributed by atoms with E-state index in [1.165, 1.54) is 24.1 Å². The first-order valence-corrected chi connectivity index (χ1v) is 13.5. The van der Waals surface area contributed by atoms with Crippen LogP contribution in [0.25, 0.3) is 0 Å². The molecular formula is C28H31F10N3O7. The molecule has 10 nitrogen and oxygen atoms in total. The number of halogens is 10. The summed E-state index contributed by atoms with van der Waals surface area (Å²) in [5, 5.41) is 21.4. The molecule has 2 aliphatic rings. The van der Waals surface area contributed by atoms with Crippen LogP contribution in [0, 0.1) is 11.7 Å². The fourth-order valence-electron chi connectivity index (χ4n) is 4.35. The summed E-state index contributed by atoms with van der Waals surface area (Å²) in [6.45, 7) is 5.70. The normalized spacial score (nSPS) is 17.4. The lowest BCUT2D eigenvalue weighted by Gasteiger charge is -2.53. The minimum absolute atomic E-state index is 0.0540. The predicted octanol–water partition coefficient (Wildman–Crippen LogP) is 5.23. The molecule has 0 amide bonds. The summed E-state index contributed by atoms with van der Waals surface area (Å²) < 4.78 is 115. The maximum atomic E-state index is 13.0. The Labute approximate surface area is 266 Å². The average Bonchev–Trinajstić information content (AvgIpc) is 2.94. The van der Waals surface area contributed by atoms with E-state index in [1.807, 2.05) is 30.6 Å². The number of pyridine rings is 1.